The molecule has 264 valence electrons. The van der Waals surface area contributed by atoms with E-state index in [4.69, 9.17) is 14.2 Å². The van der Waals surface area contributed by atoms with Gasteiger partial charge in [0.2, 0.25) is 0 Å². The molecule has 0 radical (unpaired) electrons. The first kappa shape index (κ1) is 43.1. The first-order valence-electron chi connectivity index (χ1n) is 19.3. The van der Waals surface area contributed by atoms with Gasteiger partial charge in [-0.05, 0) is 19.3 Å². The lowest BCUT2D eigenvalue weighted by molar-refractivity contribution is -0.148. The van der Waals surface area contributed by atoms with Crippen molar-refractivity contribution in [2.24, 2.45) is 0 Å². The molecule has 6 nitrogen and oxygen atoms in total. The number of esters is 3. The van der Waals surface area contributed by atoms with Crippen LogP contribution in [-0.2, 0) is 28.6 Å². The lowest BCUT2D eigenvalue weighted by atomic mass is 10.1. The molecule has 0 rings (SSSR count). The van der Waals surface area contributed by atoms with Crippen molar-refractivity contribution >= 4 is 17.9 Å². The van der Waals surface area contributed by atoms with Crippen LogP contribution in [0.1, 0.15) is 213 Å². The molecule has 0 aliphatic carbocycles. The van der Waals surface area contributed by atoms with Crippen LogP contribution >= 0.6 is 0 Å². The van der Waals surface area contributed by atoms with Gasteiger partial charge in [-0.3, -0.25) is 14.4 Å². The second-order valence-corrected chi connectivity index (χ2v) is 12.9. The Hall–Kier alpha value is -1.85. The minimum absolute atomic E-state index is 0.0804. The minimum atomic E-state index is -0.380. The molecule has 0 saturated heterocycles. The fraction of sp³-hybridized carbons (Fsp3) is 0.872. The van der Waals surface area contributed by atoms with Gasteiger partial charge in [0.05, 0.1) is 0 Å². The molecule has 0 atom stereocenters. The number of hydrogen-bond acceptors (Lipinski definition) is 6. The Morgan fingerprint density at radius 2 is 0.711 bits per heavy atom. The zero-order valence-corrected chi connectivity index (χ0v) is 29.9. The van der Waals surface area contributed by atoms with Crippen molar-refractivity contribution in [3.63, 3.8) is 0 Å². The van der Waals surface area contributed by atoms with Crippen molar-refractivity contribution in [3.05, 3.63) is 12.0 Å². The normalized spacial score (nSPS) is 11.5. The third kappa shape index (κ3) is 33.3. The molecule has 0 aliphatic rings. The van der Waals surface area contributed by atoms with Gasteiger partial charge in [-0.15, -0.1) is 0 Å². The lowest BCUT2D eigenvalue weighted by Gasteiger charge is -2.10. The van der Waals surface area contributed by atoms with E-state index in [1.807, 2.05) is 0 Å². The first-order chi connectivity index (χ1) is 22.0. The molecule has 0 spiro atoms. The van der Waals surface area contributed by atoms with Gasteiger partial charge in [-0.25, -0.2) is 0 Å². The quantitative estimate of drug-likeness (QED) is 0.0302. The van der Waals surface area contributed by atoms with Crippen molar-refractivity contribution in [2.75, 3.05) is 6.61 Å². The van der Waals surface area contributed by atoms with Crippen molar-refractivity contribution in [1.82, 2.24) is 0 Å². The SMILES string of the molecule is CCCCCCCCCCCC(=O)OC=C(COC(=O)CCCCCCCCCCC)OC(=O)CCCCCCCCCCC. The first-order valence-corrected chi connectivity index (χ1v) is 19.3. The van der Waals surface area contributed by atoms with Crippen LogP contribution in [0.5, 0.6) is 0 Å². The van der Waals surface area contributed by atoms with Crippen molar-refractivity contribution in [2.45, 2.75) is 213 Å². The van der Waals surface area contributed by atoms with E-state index >= 15 is 0 Å². The zero-order chi connectivity index (χ0) is 33.1. The second-order valence-electron chi connectivity index (χ2n) is 12.9. The number of rotatable bonds is 34. The Kier molecular flexibility index (Phi) is 33.6. The van der Waals surface area contributed by atoms with Crippen molar-refractivity contribution in [1.29, 1.82) is 0 Å². The summed E-state index contributed by atoms with van der Waals surface area (Å²) in [6.45, 7) is 6.48. The zero-order valence-electron chi connectivity index (χ0n) is 29.9. The average Bonchev–Trinajstić information content (AvgIpc) is 3.03. The van der Waals surface area contributed by atoms with E-state index in [1.165, 1.54) is 116 Å². The summed E-state index contributed by atoms with van der Waals surface area (Å²) in [4.78, 5) is 37.2. The molecule has 0 saturated carbocycles. The lowest BCUT2D eigenvalue weighted by Crippen LogP contribution is -2.13. The fourth-order valence-electron chi connectivity index (χ4n) is 5.44. The molecule has 0 aromatic carbocycles. The topological polar surface area (TPSA) is 78.9 Å². The fourth-order valence-corrected chi connectivity index (χ4v) is 5.44. The van der Waals surface area contributed by atoms with Crippen LogP contribution in [0, 0.1) is 0 Å². The van der Waals surface area contributed by atoms with E-state index in [0.717, 1.165) is 64.0 Å². The minimum Gasteiger partial charge on any atom is -0.457 e. The van der Waals surface area contributed by atoms with Crippen molar-refractivity contribution < 1.29 is 28.6 Å². The summed E-state index contributed by atoms with van der Waals surface area (Å²) >= 11 is 0. The summed E-state index contributed by atoms with van der Waals surface area (Å²) in [7, 11) is 0. The molecular formula is C39H72O6. The maximum absolute atomic E-state index is 12.5. The van der Waals surface area contributed by atoms with Crippen LogP contribution in [0.15, 0.2) is 12.0 Å². The molecule has 6 heteroatoms. The molecule has 0 aliphatic heterocycles. The highest BCUT2D eigenvalue weighted by atomic mass is 16.6. The second kappa shape index (κ2) is 35.0. The maximum Gasteiger partial charge on any atom is 0.311 e. The van der Waals surface area contributed by atoms with Gasteiger partial charge < -0.3 is 14.2 Å². The Bertz CT molecular complexity index is 716. The highest BCUT2D eigenvalue weighted by Crippen LogP contribution is 2.14. The van der Waals surface area contributed by atoms with Crippen LogP contribution in [0.3, 0.4) is 0 Å². The molecule has 45 heavy (non-hydrogen) atoms. The highest BCUT2D eigenvalue weighted by molar-refractivity contribution is 5.72. The largest absolute Gasteiger partial charge is 0.457 e. The number of carbonyl (C=O) groups is 3. The monoisotopic (exact) mass is 637 g/mol. The predicted octanol–water partition coefficient (Wildman–Crippen LogP) is 12.2. The van der Waals surface area contributed by atoms with Gasteiger partial charge in [0.15, 0.2) is 12.4 Å². The molecule has 0 amide bonds. The Labute approximate surface area is 278 Å². The Morgan fingerprint density at radius 1 is 0.400 bits per heavy atom. The predicted molar refractivity (Wildman–Crippen MR) is 187 cm³/mol. The van der Waals surface area contributed by atoms with Crippen LogP contribution in [0.4, 0.5) is 0 Å². The number of ether oxygens (including phenoxy) is 3. The molecule has 0 bridgehead atoms. The number of carbonyl (C=O) groups excluding carboxylic acids is 3. The van der Waals surface area contributed by atoms with E-state index in [1.54, 1.807) is 0 Å². The van der Waals surface area contributed by atoms with Gasteiger partial charge in [0, 0.05) is 19.3 Å². The summed E-state index contributed by atoms with van der Waals surface area (Å²) in [6.07, 6.45) is 33.8. The Morgan fingerprint density at radius 3 is 1.09 bits per heavy atom. The van der Waals surface area contributed by atoms with Gasteiger partial charge in [-0.2, -0.15) is 0 Å². The third-order valence-corrected chi connectivity index (χ3v) is 8.40. The molecule has 0 aromatic rings. The van der Waals surface area contributed by atoms with Crippen molar-refractivity contribution in [3.8, 4) is 0 Å². The molecule has 0 aromatic heterocycles. The van der Waals surface area contributed by atoms with E-state index < -0.39 is 0 Å². The van der Waals surface area contributed by atoms with Gasteiger partial charge in [0.1, 0.15) is 6.26 Å². The maximum atomic E-state index is 12.5. The van der Waals surface area contributed by atoms with E-state index in [0.29, 0.717) is 19.3 Å². The molecule has 0 fully saturated rings. The summed E-state index contributed by atoms with van der Waals surface area (Å²) in [5.41, 5.74) is 0. The smallest absolute Gasteiger partial charge is 0.311 e. The summed E-state index contributed by atoms with van der Waals surface area (Å²) in [5.74, 6) is -0.975. The summed E-state index contributed by atoms with van der Waals surface area (Å²) in [6, 6.07) is 0. The van der Waals surface area contributed by atoms with E-state index in [-0.39, 0.29) is 30.3 Å². The average molecular weight is 637 g/mol. The summed E-state index contributed by atoms with van der Waals surface area (Å²) in [5, 5.41) is 0. The summed E-state index contributed by atoms with van der Waals surface area (Å²) < 4.78 is 16.2. The van der Waals surface area contributed by atoms with Crippen LogP contribution in [-0.4, -0.2) is 24.5 Å². The standard InChI is InChI=1S/C39H72O6/c1-4-7-10-13-16-19-22-25-28-31-37(40)43-34-36(45-39(42)33-30-27-24-21-18-15-12-9-6-3)35-44-38(41)32-29-26-23-20-17-14-11-8-5-2/h34H,4-33,35H2,1-3H3. The Balaban J connectivity index is 4.45. The number of hydrogen-bond donors (Lipinski definition) is 0. The van der Waals surface area contributed by atoms with Crippen LogP contribution in [0.2, 0.25) is 0 Å². The molecule has 0 unspecified atom stereocenters. The van der Waals surface area contributed by atoms with Gasteiger partial charge in [0.25, 0.3) is 0 Å². The molecule has 0 N–H and O–H groups in total. The third-order valence-electron chi connectivity index (χ3n) is 8.40. The van der Waals surface area contributed by atoms with Crippen LogP contribution < -0.4 is 0 Å². The molecule has 0 heterocycles. The van der Waals surface area contributed by atoms with Crippen LogP contribution in [0.25, 0.3) is 0 Å². The highest BCUT2D eigenvalue weighted by Gasteiger charge is 2.13. The molecular weight excluding hydrogens is 564 g/mol. The van der Waals surface area contributed by atoms with Gasteiger partial charge in [-0.1, -0.05) is 175 Å². The number of unbranched alkanes of at least 4 members (excludes halogenated alkanes) is 24. The van der Waals surface area contributed by atoms with E-state index in [9.17, 15) is 14.4 Å². The van der Waals surface area contributed by atoms with Gasteiger partial charge >= 0.3 is 17.9 Å². The van der Waals surface area contributed by atoms with E-state index in [2.05, 4.69) is 20.8 Å².